The normalized spacial score (nSPS) is 19.5. The van der Waals surface area contributed by atoms with E-state index in [9.17, 15) is 4.79 Å². The van der Waals surface area contributed by atoms with Crippen LogP contribution in [0.5, 0.6) is 0 Å². The van der Waals surface area contributed by atoms with Crippen molar-refractivity contribution in [3.63, 3.8) is 0 Å². The highest BCUT2D eigenvalue weighted by molar-refractivity contribution is 5.77. The minimum absolute atomic E-state index is 0.0815. The van der Waals surface area contributed by atoms with E-state index in [1.54, 1.807) is 0 Å². The molecule has 1 fully saturated rings. The summed E-state index contributed by atoms with van der Waals surface area (Å²) in [6, 6.07) is 2.04. The molecule has 0 saturated carbocycles. The summed E-state index contributed by atoms with van der Waals surface area (Å²) in [5.41, 5.74) is 14.5. The molecule has 0 aliphatic carbocycles. The highest BCUT2D eigenvalue weighted by Gasteiger charge is 2.26. The van der Waals surface area contributed by atoms with Crippen LogP contribution in [0.25, 0.3) is 0 Å². The van der Waals surface area contributed by atoms with Crippen LogP contribution in [-0.2, 0) is 11.3 Å². The lowest BCUT2D eigenvalue weighted by Crippen LogP contribution is -2.42. The number of hydrogen-bond acceptors (Lipinski definition) is 4. The maximum Gasteiger partial charge on any atom is 0.222 e. The van der Waals surface area contributed by atoms with E-state index >= 15 is 0 Å². The molecular formula is C14H22N4O. The molecule has 2 heterocycles. The van der Waals surface area contributed by atoms with Gasteiger partial charge in [-0.15, -0.1) is 0 Å². The smallest absolute Gasteiger partial charge is 0.222 e. The van der Waals surface area contributed by atoms with Crippen molar-refractivity contribution in [1.82, 2.24) is 4.98 Å². The van der Waals surface area contributed by atoms with Gasteiger partial charge >= 0.3 is 0 Å². The monoisotopic (exact) mass is 262 g/mol. The third-order valence-corrected chi connectivity index (χ3v) is 3.78. The maximum absolute atomic E-state index is 11.4. The molecule has 0 radical (unpaired) electrons. The number of amides is 1. The van der Waals surface area contributed by atoms with Crippen LogP contribution >= 0.6 is 0 Å². The molecular weight excluding hydrogens is 240 g/mol. The topological polar surface area (TPSA) is 85.2 Å². The largest absolute Gasteiger partial charge is 0.369 e. The summed E-state index contributed by atoms with van der Waals surface area (Å²) in [6.45, 7) is 6.05. The lowest BCUT2D eigenvalue weighted by atomic mass is 9.96. The molecule has 1 aromatic heterocycles. The Labute approximate surface area is 114 Å². The van der Waals surface area contributed by atoms with Crippen LogP contribution in [0.2, 0.25) is 0 Å². The highest BCUT2D eigenvalue weighted by Crippen LogP contribution is 2.27. The molecule has 5 heteroatoms. The van der Waals surface area contributed by atoms with E-state index in [-0.39, 0.29) is 11.8 Å². The Balaban J connectivity index is 2.32. The summed E-state index contributed by atoms with van der Waals surface area (Å²) in [6.07, 6.45) is 1.83. The second kappa shape index (κ2) is 5.57. The first-order chi connectivity index (χ1) is 9.02. The summed E-state index contributed by atoms with van der Waals surface area (Å²) >= 11 is 0. The van der Waals surface area contributed by atoms with Gasteiger partial charge in [-0.2, -0.15) is 0 Å². The van der Waals surface area contributed by atoms with Crippen molar-refractivity contribution < 1.29 is 4.79 Å². The van der Waals surface area contributed by atoms with Crippen molar-refractivity contribution in [2.45, 2.75) is 33.2 Å². The van der Waals surface area contributed by atoms with Gasteiger partial charge in [0.05, 0.1) is 5.92 Å². The van der Waals surface area contributed by atoms with Gasteiger partial charge < -0.3 is 16.4 Å². The van der Waals surface area contributed by atoms with Gasteiger partial charge in [0.15, 0.2) is 0 Å². The van der Waals surface area contributed by atoms with Crippen molar-refractivity contribution in [3.05, 3.63) is 22.9 Å². The summed E-state index contributed by atoms with van der Waals surface area (Å²) in [5, 5.41) is 0. The lowest BCUT2D eigenvalue weighted by molar-refractivity contribution is -0.122. The number of nitrogens with two attached hydrogens (primary N) is 2. The van der Waals surface area contributed by atoms with Crippen molar-refractivity contribution in [1.29, 1.82) is 0 Å². The maximum atomic E-state index is 11.4. The van der Waals surface area contributed by atoms with Gasteiger partial charge in [-0.05, 0) is 38.3 Å². The van der Waals surface area contributed by atoms with Crippen LogP contribution in [0, 0.1) is 19.8 Å². The van der Waals surface area contributed by atoms with E-state index in [1.165, 1.54) is 0 Å². The van der Waals surface area contributed by atoms with Gasteiger partial charge in [0, 0.05) is 30.9 Å². The molecule has 1 unspecified atom stereocenters. The standard InChI is InChI=1S/C14H22N4O/c1-9-6-10(2)17-14(12(9)7-15)18-5-3-4-11(8-18)13(16)19/h6,11H,3-5,7-8,15H2,1-2H3,(H2,16,19). The SMILES string of the molecule is Cc1cc(C)c(CN)c(N2CCCC(C(N)=O)C2)n1. The van der Waals surface area contributed by atoms with Gasteiger partial charge in [0.25, 0.3) is 0 Å². The Bertz CT molecular complexity index is 487. The fourth-order valence-electron chi connectivity index (χ4n) is 2.76. The number of anilines is 1. The molecule has 1 saturated heterocycles. The second-order valence-corrected chi connectivity index (χ2v) is 5.27. The number of nitrogens with zero attached hydrogens (tertiary/aromatic N) is 2. The summed E-state index contributed by atoms with van der Waals surface area (Å²) in [7, 11) is 0. The zero-order chi connectivity index (χ0) is 14.0. The van der Waals surface area contributed by atoms with E-state index in [0.29, 0.717) is 13.1 Å². The van der Waals surface area contributed by atoms with Gasteiger partial charge in [0.2, 0.25) is 5.91 Å². The van der Waals surface area contributed by atoms with Gasteiger partial charge in [-0.1, -0.05) is 0 Å². The quantitative estimate of drug-likeness (QED) is 0.846. The fourth-order valence-corrected chi connectivity index (χ4v) is 2.76. The van der Waals surface area contributed by atoms with Crippen LogP contribution < -0.4 is 16.4 Å². The van der Waals surface area contributed by atoms with Crippen LogP contribution in [0.15, 0.2) is 6.07 Å². The van der Waals surface area contributed by atoms with E-state index in [0.717, 1.165) is 42.0 Å². The summed E-state index contributed by atoms with van der Waals surface area (Å²) in [5.74, 6) is 0.622. The minimum atomic E-state index is -0.219. The van der Waals surface area contributed by atoms with Crippen molar-refractivity contribution >= 4 is 11.7 Å². The predicted molar refractivity (Wildman–Crippen MR) is 75.7 cm³/mol. The Morgan fingerprint density at radius 3 is 2.89 bits per heavy atom. The fraction of sp³-hybridized carbons (Fsp3) is 0.571. The summed E-state index contributed by atoms with van der Waals surface area (Å²) in [4.78, 5) is 18.1. The van der Waals surface area contributed by atoms with Gasteiger partial charge in [-0.25, -0.2) is 4.98 Å². The van der Waals surface area contributed by atoms with Crippen LogP contribution in [0.4, 0.5) is 5.82 Å². The third kappa shape index (κ3) is 2.87. The molecule has 1 amide bonds. The Morgan fingerprint density at radius 1 is 1.53 bits per heavy atom. The number of hydrogen-bond donors (Lipinski definition) is 2. The molecule has 1 atom stereocenters. The zero-order valence-corrected chi connectivity index (χ0v) is 11.6. The minimum Gasteiger partial charge on any atom is -0.369 e. The van der Waals surface area contributed by atoms with Crippen LogP contribution in [0.1, 0.15) is 29.7 Å². The van der Waals surface area contributed by atoms with Crippen molar-refractivity contribution in [2.75, 3.05) is 18.0 Å². The molecule has 19 heavy (non-hydrogen) atoms. The van der Waals surface area contributed by atoms with Crippen molar-refractivity contribution in [2.24, 2.45) is 17.4 Å². The summed E-state index contributed by atoms with van der Waals surface area (Å²) < 4.78 is 0. The van der Waals surface area contributed by atoms with Gasteiger partial charge in [0.1, 0.15) is 5.82 Å². The second-order valence-electron chi connectivity index (χ2n) is 5.27. The molecule has 2 rings (SSSR count). The van der Waals surface area contributed by atoms with Crippen LogP contribution in [0.3, 0.4) is 0 Å². The molecule has 4 N–H and O–H groups in total. The molecule has 104 valence electrons. The number of primary amides is 1. The lowest BCUT2D eigenvalue weighted by Gasteiger charge is -2.33. The number of aryl methyl sites for hydroxylation is 2. The van der Waals surface area contributed by atoms with E-state index < -0.39 is 0 Å². The molecule has 0 spiro atoms. The Hall–Kier alpha value is -1.62. The number of carbonyl (C=O) groups is 1. The molecule has 0 bridgehead atoms. The molecule has 1 aliphatic rings. The number of pyridine rings is 1. The van der Waals surface area contributed by atoms with E-state index in [2.05, 4.69) is 16.8 Å². The number of carbonyl (C=O) groups excluding carboxylic acids is 1. The zero-order valence-electron chi connectivity index (χ0n) is 11.6. The Kier molecular flexibility index (Phi) is 4.04. The molecule has 0 aromatic carbocycles. The number of piperidine rings is 1. The molecule has 5 nitrogen and oxygen atoms in total. The average molecular weight is 262 g/mol. The van der Waals surface area contributed by atoms with E-state index in [4.69, 9.17) is 11.5 Å². The van der Waals surface area contributed by atoms with E-state index in [1.807, 2.05) is 13.0 Å². The number of aromatic nitrogens is 1. The third-order valence-electron chi connectivity index (χ3n) is 3.78. The number of rotatable bonds is 3. The first-order valence-corrected chi connectivity index (χ1v) is 6.74. The highest BCUT2D eigenvalue weighted by atomic mass is 16.1. The first-order valence-electron chi connectivity index (χ1n) is 6.74. The molecule has 1 aliphatic heterocycles. The molecule has 1 aromatic rings. The predicted octanol–water partition coefficient (Wildman–Crippen LogP) is 0.859. The van der Waals surface area contributed by atoms with Crippen LogP contribution in [-0.4, -0.2) is 24.0 Å². The first kappa shape index (κ1) is 13.8. The average Bonchev–Trinajstić information content (AvgIpc) is 2.38. The Morgan fingerprint density at radius 2 is 2.26 bits per heavy atom. The van der Waals surface area contributed by atoms with Crippen molar-refractivity contribution in [3.8, 4) is 0 Å². The van der Waals surface area contributed by atoms with Gasteiger partial charge in [-0.3, -0.25) is 4.79 Å².